The van der Waals surface area contributed by atoms with Gasteiger partial charge < -0.3 is 14.4 Å². The van der Waals surface area contributed by atoms with Crippen molar-refractivity contribution in [2.75, 3.05) is 26.2 Å². The van der Waals surface area contributed by atoms with Crippen LogP contribution in [0.1, 0.15) is 27.2 Å². The number of carbonyl (C=O) groups excluding carboxylic acids is 1. The third kappa shape index (κ3) is 4.68. The quantitative estimate of drug-likeness (QED) is 0.534. The maximum atomic E-state index is 13.2. The van der Waals surface area contributed by atoms with Crippen molar-refractivity contribution in [3.8, 4) is 0 Å². The molecule has 2 atom stereocenters. The minimum atomic E-state index is -3.91. The van der Waals surface area contributed by atoms with Gasteiger partial charge in [-0.2, -0.15) is 4.31 Å². The van der Waals surface area contributed by atoms with Gasteiger partial charge in [0.25, 0.3) is 5.69 Å². The molecule has 2 aliphatic heterocycles. The highest BCUT2D eigenvalue weighted by atomic mass is 32.2. The number of fused-ring (bicyclic) bond motifs is 1. The van der Waals surface area contributed by atoms with Crippen LogP contribution in [-0.4, -0.2) is 72.6 Å². The lowest BCUT2D eigenvalue weighted by Crippen LogP contribution is -2.62. The summed E-state index contributed by atoms with van der Waals surface area (Å²) in [6.45, 7) is 6.28. The summed E-state index contributed by atoms with van der Waals surface area (Å²) < 4.78 is 38.9. The summed E-state index contributed by atoms with van der Waals surface area (Å²) in [7, 11) is -3.91. The van der Waals surface area contributed by atoms with Crippen LogP contribution in [0.25, 0.3) is 0 Å². The van der Waals surface area contributed by atoms with Crippen LogP contribution < -0.4 is 0 Å². The van der Waals surface area contributed by atoms with Gasteiger partial charge in [0.1, 0.15) is 5.60 Å². The van der Waals surface area contributed by atoms with E-state index in [2.05, 4.69) is 0 Å². The lowest BCUT2D eigenvalue weighted by Gasteiger charge is -2.46. The molecule has 2 aliphatic rings. The molecular formula is C18H25N3O7S. The van der Waals surface area contributed by atoms with Gasteiger partial charge in [-0.15, -0.1) is 0 Å². The van der Waals surface area contributed by atoms with E-state index in [4.69, 9.17) is 9.47 Å². The zero-order valence-corrected chi connectivity index (χ0v) is 17.4. The van der Waals surface area contributed by atoms with Crippen molar-refractivity contribution in [1.82, 2.24) is 9.21 Å². The average Bonchev–Trinajstić information content (AvgIpc) is 2.65. The highest BCUT2D eigenvalue weighted by Crippen LogP contribution is 2.29. The molecule has 1 amide bonds. The molecule has 0 saturated carbocycles. The Labute approximate surface area is 169 Å². The van der Waals surface area contributed by atoms with Crippen molar-refractivity contribution in [2.45, 2.75) is 49.8 Å². The SMILES string of the molecule is CC(C)(C)OC(=O)N1CC[C@H]2OCCN(S(=O)(=O)c3ccc([N+](=O)[O-])cc3)[C@H]2C1. The Morgan fingerprint density at radius 3 is 2.48 bits per heavy atom. The average molecular weight is 427 g/mol. The monoisotopic (exact) mass is 427 g/mol. The van der Waals surface area contributed by atoms with Crippen LogP contribution in [0.15, 0.2) is 29.2 Å². The molecule has 10 nitrogen and oxygen atoms in total. The number of nitro groups is 1. The van der Waals surface area contributed by atoms with Crippen LogP contribution in [0.3, 0.4) is 0 Å². The first-order chi connectivity index (χ1) is 13.5. The Morgan fingerprint density at radius 1 is 1.24 bits per heavy atom. The molecule has 29 heavy (non-hydrogen) atoms. The number of nitro benzene ring substituents is 1. The van der Waals surface area contributed by atoms with Gasteiger partial charge in [0.2, 0.25) is 10.0 Å². The second kappa shape index (κ2) is 7.88. The van der Waals surface area contributed by atoms with E-state index in [9.17, 15) is 23.3 Å². The summed E-state index contributed by atoms with van der Waals surface area (Å²) in [6, 6.07) is 4.24. The van der Waals surface area contributed by atoms with E-state index in [0.29, 0.717) is 13.0 Å². The smallest absolute Gasteiger partial charge is 0.410 e. The topological polar surface area (TPSA) is 119 Å². The first-order valence-corrected chi connectivity index (χ1v) is 10.8. The molecule has 0 radical (unpaired) electrons. The molecule has 0 unspecified atom stereocenters. The Morgan fingerprint density at radius 2 is 1.90 bits per heavy atom. The lowest BCUT2D eigenvalue weighted by atomic mass is 10.0. The van der Waals surface area contributed by atoms with Gasteiger partial charge in [-0.05, 0) is 39.3 Å². The number of morpholine rings is 1. The molecule has 0 aliphatic carbocycles. The predicted octanol–water partition coefficient (Wildman–Crippen LogP) is 1.99. The number of hydrogen-bond donors (Lipinski definition) is 0. The molecule has 0 bridgehead atoms. The van der Waals surface area contributed by atoms with Crippen LogP contribution in [0.4, 0.5) is 10.5 Å². The number of benzene rings is 1. The zero-order chi connectivity index (χ0) is 21.4. The summed E-state index contributed by atoms with van der Waals surface area (Å²) in [4.78, 5) is 24.2. The molecule has 2 heterocycles. The van der Waals surface area contributed by atoms with E-state index >= 15 is 0 Å². The van der Waals surface area contributed by atoms with E-state index in [1.165, 1.54) is 33.5 Å². The first kappa shape index (κ1) is 21.5. The molecule has 160 valence electrons. The van der Waals surface area contributed by atoms with Crippen molar-refractivity contribution >= 4 is 21.8 Å². The number of ether oxygens (including phenoxy) is 2. The van der Waals surface area contributed by atoms with E-state index < -0.39 is 32.7 Å². The maximum absolute atomic E-state index is 13.2. The third-order valence-electron chi connectivity index (χ3n) is 4.84. The first-order valence-electron chi connectivity index (χ1n) is 9.35. The van der Waals surface area contributed by atoms with Crippen molar-refractivity contribution in [2.24, 2.45) is 0 Å². The Hall–Kier alpha value is -2.24. The van der Waals surface area contributed by atoms with Crippen LogP contribution in [0, 0.1) is 10.1 Å². The Balaban J connectivity index is 1.82. The molecule has 0 spiro atoms. The number of likely N-dealkylation sites (tertiary alicyclic amines) is 1. The van der Waals surface area contributed by atoms with Gasteiger partial charge in [-0.3, -0.25) is 10.1 Å². The minimum absolute atomic E-state index is 0.0295. The Kier molecular flexibility index (Phi) is 5.84. The third-order valence-corrected chi connectivity index (χ3v) is 6.78. The minimum Gasteiger partial charge on any atom is -0.444 e. The second-order valence-corrected chi connectivity index (χ2v) is 9.95. The summed E-state index contributed by atoms with van der Waals surface area (Å²) in [5.41, 5.74) is -0.834. The van der Waals surface area contributed by atoms with Crippen molar-refractivity contribution in [3.05, 3.63) is 34.4 Å². The number of nitrogens with zero attached hydrogens (tertiary/aromatic N) is 3. The number of piperidine rings is 1. The molecule has 0 aromatic heterocycles. The highest BCUT2D eigenvalue weighted by molar-refractivity contribution is 7.89. The summed E-state index contributed by atoms with van der Waals surface area (Å²) >= 11 is 0. The molecule has 0 N–H and O–H groups in total. The molecule has 1 aromatic carbocycles. The maximum Gasteiger partial charge on any atom is 0.410 e. The van der Waals surface area contributed by atoms with Crippen LogP contribution in [0.5, 0.6) is 0 Å². The fourth-order valence-electron chi connectivity index (χ4n) is 3.51. The van der Waals surface area contributed by atoms with Crippen LogP contribution in [-0.2, 0) is 19.5 Å². The van der Waals surface area contributed by atoms with Crippen molar-refractivity contribution in [1.29, 1.82) is 0 Å². The highest BCUT2D eigenvalue weighted by Gasteiger charge is 2.44. The fraction of sp³-hybridized carbons (Fsp3) is 0.611. The zero-order valence-electron chi connectivity index (χ0n) is 16.6. The number of sulfonamides is 1. The van der Waals surface area contributed by atoms with Gasteiger partial charge in [0.15, 0.2) is 0 Å². The molecule has 2 fully saturated rings. The number of non-ortho nitro benzene ring substituents is 1. The van der Waals surface area contributed by atoms with E-state index in [1.54, 1.807) is 20.8 Å². The predicted molar refractivity (Wildman–Crippen MR) is 103 cm³/mol. The van der Waals surface area contributed by atoms with E-state index in [-0.39, 0.29) is 36.4 Å². The largest absolute Gasteiger partial charge is 0.444 e. The van der Waals surface area contributed by atoms with Crippen LogP contribution in [0.2, 0.25) is 0 Å². The standard InChI is InChI=1S/C18H25N3O7S/c1-18(2,3)28-17(22)19-9-8-16-15(12-19)20(10-11-27-16)29(25,26)14-6-4-13(5-7-14)21(23)24/h4-7,15-16H,8-12H2,1-3H3/t15-,16+/m0/s1. The Bertz CT molecular complexity index is 880. The molecule has 3 rings (SSSR count). The summed E-state index contributed by atoms with van der Waals surface area (Å²) in [5.74, 6) is 0. The molecule has 1 aromatic rings. The number of hydrogen-bond acceptors (Lipinski definition) is 7. The molecule has 11 heteroatoms. The lowest BCUT2D eigenvalue weighted by molar-refractivity contribution is -0.384. The van der Waals surface area contributed by atoms with Gasteiger partial charge in [-0.1, -0.05) is 0 Å². The van der Waals surface area contributed by atoms with Gasteiger partial charge in [0.05, 0.1) is 28.6 Å². The van der Waals surface area contributed by atoms with E-state index in [0.717, 1.165) is 0 Å². The van der Waals surface area contributed by atoms with Crippen LogP contribution >= 0.6 is 0 Å². The van der Waals surface area contributed by atoms with Crippen molar-refractivity contribution < 1.29 is 27.6 Å². The van der Waals surface area contributed by atoms with Crippen molar-refractivity contribution in [3.63, 3.8) is 0 Å². The number of carbonyl (C=O) groups is 1. The van der Waals surface area contributed by atoms with Gasteiger partial charge in [-0.25, -0.2) is 13.2 Å². The second-order valence-electron chi connectivity index (χ2n) is 8.06. The summed E-state index contributed by atoms with van der Waals surface area (Å²) in [6.07, 6.45) is -0.319. The van der Waals surface area contributed by atoms with Gasteiger partial charge in [0, 0.05) is 31.8 Å². The summed E-state index contributed by atoms with van der Waals surface area (Å²) in [5, 5.41) is 10.8. The number of amides is 1. The fourth-order valence-corrected chi connectivity index (χ4v) is 5.13. The number of rotatable bonds is 3. The van der Waals surface area contributed by atoms with E-state index in [1.807, 2.05) is 0 Å². The van der Waals surface area contributed by atoms with Gasteiger partial charge >= 0.3 is 6.09 Å². The molecular weight excluding hydrogens is 402 g/mol. The molecule has 2 saturated heterocycles. The normalized spacial score (nSPS) is 23.3.